The molecule has 8 nitrogen and oxygen atoms in total. The molecule has 198 valence electrons. The van der Waals surface area contributed by atoms with Gasteiger partial charge in [0, 0.05) is 25.0 Å². The van der Waals surface area contributed by atoms with Crippen molar-refractivity contribution in [2.45, 2.75) is 65.6 Å². The van der Waals surface area contributed by atoms with E-state index < -0.39 is 21.6 Å². The summed E-state index contributed by atoms with van der Waals surface area (Å²) in [6, 6.07) is 13.9. The Morgan fingerprint density at radius 2 is 1.67 bits per heavy atom. The van der Waals surface area contributed by atoms with E-state index in [1.807, 2.05) is 52.0 Å². The monoisotopic (exact) mass is 517 g/mol. The van der Waals surface area contributed by atoms with E-state index in [-0.39, 0.29) is 37.7 Å². The number of aryl methyl sites for hydroxylation is 1. The number of carbonyl (C=O) groups is 2. The number of amides is 2. The lowest BCUT2D eigenvalue weighted by Crippen LogP contribution is -2.52. The molecule has 2 rings (SSSR count). The van der Waals surface area contributed by atoms with Crippen molar-refractivity contribution in [1.29, 1.82) is 0 Å². The van der Waals surface area contributed by atoms with Crippen LogP contribution in [0.25, 0.3) is 0 Å². The topological polar surface area (TPSA) is 96.0 Å². The average Bonchev–Trinajstić information content (AvgIpc) is 2.79. The third-order valence-corrected chi connectivity index (χ3v) is 6.95. The van der Waals surface area contributed by atoms with Crippen LogP contribution in [0, 0.1) is 6.92 Å². The van der Waals surface area contributed by atoms with Crippen molar-refractivity contribution < 1.29 is 22.7 Å². The third kappa shape index (κ3) is 8.26. The van der Waals surface area contributed by atoms with Crippen LogP contribution in [0.15, 0.2) is 48.5 Å². The van der Waals surface area contributed by atoms with Crippen LogP contribution in [0.1, 0.15) is 51.7 Å². The van der Waals surface area contributed by atoms with Crippen molar-refractivity contribution in [2.75, 3.05) is 24.2 Å². The molecule has 36 heavy (non-hydrogen) atoms. The van der Waals surface area contributed by atoms with Gasteiger partial charge in [-0.25, -0.2) is 8.42 Å². The molecule has 1 N–H and O–H groups in total. The van der Waals surface area contributed by atoms with Gasteiger partial charge in [-0.1, -0.05) is 36.4 Å². The number of anilines is 1. The molecule has 2 aromatic rings. The lowest BCUT2D eigenvalue weighted by molar-refractivity contribution is -0.141. The van der Waals surface area contributed by atoms with Crippen LogP contribution >= 0.6 is 0 Å². The summed E-state index contributed by atoms with van der Waals surface area (Å²) in [6.45, 7) is 9.75. The van der Waals surface area contributed by atoms with Crippen LogP contribution in [0.2, 0.25) is 0 Å². The number of hydrogen-bond acceptors (Lipinski definition) is 5. The number of methoxy groups -OCH3 is 1. The van der Waals surface area contributed by atoms with Crippen LogP contribution < -0.4 is 14.4 Å². The van der Waals surface area contributed by atoms with Gasteiger partial charge in [-0.2, -0.15) is 0 Å². The Morgan fingerprint density at radius 1 is 1.06 bits per heavy atom. The van der Waals surface area contributed by atoms with Crippen molar-refractivity contribution in [3.05, 3.63) is 59.7 Å². The van der Waals surface area contributed by atoms with E-state index in [9.17, 15) is 18.0 Å². The first-order chi connectivity index (χ1) is 16.7. The Bertz CT molecular complexity index is 1160. The Balaban J connectivity index is 2.23. The second-order valence-corrected chi connectivity index (χ2v) is 11.9. The number of para-hydroxylation sites is 2. The highest BCUT2D eigenvalue weighted by molar-refractivity contribution is 7.92. The van der Waals surface area contributed by atoms with Crippen LogP contribution in [0.3, 0.4) is 0 Å². The Kier molecular flexibility index (Phi) is 9.93. The molecule has 0 aliphatic carbocycles. The smallest absolute Gasteiger partial charge is 0.242 e. The molecule has 0 saturated carbocycles. The van der Waals surface area contributed by atoms with E-state index in [1.54, 1.807) is 36.1 Å². The highest BCUT2D eigenvalue weighted by Gasteiger charge is 2.29. The molecule has 0 aromatic heterocycles. The van der Waals surface area contributed by atoms with E-state index in [0.717, 1.165) is 17.4 Å². The summed E-state index contributed by atoms with van der Waals surface area (Å²) in [7, 11) is -2.13. The number of ether oxygens (including phenoxy) is 1. The predicted molar refractivity (Wildman–Crippen MR) is 144 cm³/mol. The fraction of sp³-hybridized carbons (Fsp3) is 0.481. The molecule has 0 aliphatic heterocycles. The summed E-state index contributed by atoms with van der Waals surface area (Å²) < 4.78 is 31.7. The minimum absolute atomic E-state index is 0.0835. The summed E-state index contributed by atoms with van der Waals surface area (Å²) in [4.78, 5) is 27.9. The minimum Gasteiger partial charge on any atom is -0.495 e. The van der Waals surface area contributed by atoms with Gasteiger partial charge in [0.05, 0.1) is 19.1 Å². The van der Waals surface area contributed by atoms with E-state index in [0.29, 0.717) is 11.4 Å². The molecule has 9 heteroatoms. The molecule has 1 unspecified atom stereocenters. The number of sulfonamides is 1. The maximum absolute atomic E-state index is 13.4. The van der Waals surface area contributed by atoms with E-state index in [4.69, 9.17) is 4.74 Å². The van der Waals surface area contributed by atoms with Crippen molar-refractivity contribution in [2.24, 2.45) is 0 Å². The molecular weight excluding hydrogens is 478 g/mol. The van der Waals surface area contributed by atoms with Gasteiger partial charge in [0.15, 0.2) is 0 Å². The van der Waals surface area contributed by atoms with Gasteiger partial charge in [0.25, 0.3) is 0 Å². The third-order valence-electron chi connectivity index (χ3n) is 5.77. The van der Waals surface area contributed by atoms with E-state index in [2.05, 4.69) is 5.32 Å². The minimum atomic E-state index is -3.61. The van der Waals surface area contributed by atoms with Gasteiger partial charge in [-0.15, -0.1) is 0 Å². The van der Waals surface area contributed by atoms with E-state index in [1.165, 1.54) is 11.4 Å². The summed E-state index contributed by atoms with van der Waals surface area (Å²) >= 11 is 0. The molecule has 2 amide bonds. The first-order valence-corrected chi connectivity index (χ1v) is 13.9. The maximum Gasteiger partial charge on any atom is 0.242 e. The number of rotatable bonds is 11. The zero-order valence-electron chi connectivity index (χ0n) is 22.4. The van der Waals surface area contributed by atoms with Crippen LogP contribution in [0.4, 0.5) is 5.69 Å². The van der Waals surface area contributed by atoms with Gasteiger partial charge < -0.3 is 15.0 Å². The van der Waals surface area contributed by atoms with Gasteiger partial charge in [0.1, 0.15) is 11.8 Å². The fourth-order valence-corrected chi connectivity index (χ4v) is 4.81. The Labute approximate surface area is 215 Å². The fourth-order valence-electron chi connectivity index (χ4n) is 3.85. The summed E-state index contributed by atoms with van der Waals surface area (Å²) in [5, 5.41) is 2.95. The Hall–Kier alpha value is -3.07. The second-order valence-electron chi connectivity index (χ2n) is 9.97. The molecule has 0 fully saturated rings. The molecule has 0 bridgehead atoms. The molecule has 0 spiro atoms. The van der Waals surface area contributed by atoms with Gasteiger partial charge in [-0.3, -0.25) is 13.9 Å². The maximum atomic E-state index is 13.4. The van der Waals surface area contributed by atoms with Gasteiger partial charge in [0.2, 0.25) is 21.8 Å². The molecule has 0 aliphatic rings. The van der Waals surface area contributed by atoms with Crippen molar-refractivity contribution in [3.63, 3.8) is 0 Å². The highest BCUT2D eigenvalue weighted by atomic mass is 32.2. The predicted octanol–water partition coefficient (Wildman–Crippen LogP) is 3.88. The lowest BCUT2D eigenvalue weighted by atomic mass is 10.1. The molecule has 0 saturated heterocycles. The largest absolute Gasteiger partial charge is 0.495 e. The molecule has 1 atom stereocenters. The first-order valence-electron chi connectivity index (χ1n) is 12.0. The zero-order chi connectivity index (χ0) is 27.1. The summed E-state index contributed by atoms with van der Waals surface area (Å²) in [5.74, 6) is -0.0255. The second kappa shape index (κ2) is 12.3. The lowest BCUT2D eigenvalue weighted by Gasteiger charge is -2.32. The molecule has 0 radical (unpaired) electrons. The van der Waals surface area contributed by atoms with Crippen LogP contribution in [0.5, 0.6) is 5.75 Å². The standard InChI is InChI=1S/C27H39N3O5S/c1-20-13-8-9-14-22(20)19-29(21(2)26(32)28-27(3,4)5)25(31)17-12-18-30(36(7,33)34)23-15-10-11-16-24(23)35-6/h8-11,13-16,21H,12,17-19H2,1-7H3,(H,28,32). The van der Waals surface area contributed by atoms with Crippen molar-refractivity contribution >= 4 is 27.5 Å². The number of nitrogens with zero attached hydrogens (tertiary/aromatic N) is 2. The normalized spacial score (nSPS) is 12.5. The molecule has 0 heterocycles. The summed E-state index contributed by atoms with van der Waals surface area (Å²) in [5.41, 5.74) is 1.96. The zero-order valence-corrected chi connectivity index (χ0v) is 23.2. The van der Waals surface area contributed by atoms with Crippen molar-refractivity contribution in [3.8, 4) is 5.75 Å². The first kappa shape index (κ1) is 29.2. The van der Waals surface area contributed by atoms with Crippen molar-refractivity contribution in [1.82, 2.24) is 10.2 Å². The quantitative estimate of drug-likeness (QED) is 0.488. The molecule has 2 aromatic carbocycles. The van der Waals surface area contributed by atoms with Gasteiger partial charge >= 0.3 is 0 Å². The number of carbonyl (C=O) groups excluding carboxylic acids is 2. The molecular formula is C27H39N3O5S. The average molecular weight is 518 g/mol. The van der Waals surface area contributed by atoms with Crippen LogP contribution in [-0.4, -0.2) is 56.6 Å². The number of nitrogens with one attached hydrogen (secondary N) is 1. The Morgan fingerprint density at radius 3 is 2.25 bits per heavy atom. The highest BCUT2D eigenvalue weighted by Crippen LogP contribution is 2.29. The number of hydrogen-bond donors (Lipinski definition) is 1. The van der Waals surface area contributed by atoms with Crippen LogP contribution in [-0.2, 0) is 26.2 Å². The van der Waals surface area contributed by atoms with Gasteiger partial charge in [-0.05, 0) is 64.3 Å². The SMILES string of the molecule is COc1ccccc1N(CCCC(=O)N(Cc1ccccc1C)C(C)C(=O)NC(C)(C)C)S(C)(=O)=O. The summed E-state index contributed by atoms with van der Waals surface area (Å²) in [6.07, 6.45) is 1.49. The van der Waals surface area contributed by atoms with E-state index >= 15 is 0 Å². The number of benzene rings is 2.